The Morgan fingerprint density at radius 2 is 2.05 bits per heavy atom. The van der Waals surface area contributed by atoms with Crippen LogP contribution in [0.4, 0.5) is 5.69 Å². The molecule has 0 aromatic heterocycles. The molecule has 2 heteroatoms. The first-order chi connectivity index (χ1) is 9.04. The molecule has 2 rings (SSSR count). The molecule has 1 saturated heterocycles. The van der Waals surface area contributed by atoms with Crippen LogP contribution >= 0.6 is 0 Å². The molecule has 0 amide bonds. The summed E-state index contributed by atoms with van der Waals surface area (Å²) < 4.78 is 0. The van der Waals surface area contributed by atoms with Gasteiger partial charge in [-0.1, -0.05) is 32.9 Å². The lowest BCUT2D eigenvalue weighted by Crippen LogP contribution is -2.58. The van der Waals surface area contributed by atoms with Gasteiger partial charge in [-0.05, 0) is 43.4 Å². The molecule has 19 heavy (non-hydrogen) atoms. The van der Waals surface area contributed by atoms with Crippen LogP contribution in [-0.4, -0.2) is 25.2 Å². The molecule has 0 radical (unpaired) electrons. The summed E-state index contributed by atoms with van der Waals surface area (Å²) in [4.78, 5) is 2.64. The minimum absolute atomic E-state index is 0.600. The second-order valence-corrected chi connectivity index (χ2v) is 6.20. The average molecular weight is 260 g/mol. The molecule has 2 unspecified atom stereocenters. The third kappa shape index (κ3) is 2.94. The summed E-state index contributed by atoms with van der Waals surface area (Å²) in [5.41, 5.74) is 4.26. The molecule has 1 aliphatic rings. The zero-order valence-corrected chi connectivity index (χ0v) is 13.0. The highest BCUT2D eigenvalue weighted by Gasteiger charge is 2.30. The third-order valence-electron chi connectivity index (χ3n) is 4.58. The maximum Gasteiger partial charge on any atom is 0.0438 e. The standard InChI is InChI=1S/C17H28N2/c1-6-15-11-19(17(10-18-15)12(2)3)16-9-7-8-13(4)14(16)5/h7-9,12,15,17-18H,6,10-11H2,1-5H3. The van der Waals surface area contributed by atoms with E-state index in [4.69, 9.17) is 0 Å². The molecular formula is C17H28N2. The van der Waals surface area contributed by atoms with Gasteiger partial charge in [0.2, 0.25) is 0 Å². The highest BCUT2D eigenvalue weighted by molar-refractivity contribution is 5.57. The van der Waals surface area contributed by atoms with Gasteiger partial charge < -0.3 is 10.2 Å². The van der Waals surface area contributed by atoms with Crippen molar-refractivity contribution in [2.45, 2.75) is 53.1 Å². The van der Waals surface area contributed by atoms with Crippen LogP contribution < -0.4 is 10.2 Å². The van der Waals surface area contributed by atoms with Gasteiger partial charge in [0.25, 0.3) is 0 Å². The normalized spacial score (nSPS) is 24.0. The first-order valence-electron chi connectivity index (χ1n) is 7.60. The lowest BCUT2D eigenvalue weighted by Gasteiger charge is -2.44. The molecule has 0 bridgehead atoms. The average Bonchev–Trinajstić information content (AvgIpc) is 2.41. The Morgan fingerprint density at radius 1 is 1.32 bits per heavy atom. The fourth-order valence-corrected chi connectivity index (χ4v) is 3.03. The van der Waals surface area contributed by atoms with Gasteiger partial charge in [0.05, 0.1) is 0 Å². The molecule has 1 aliphatic heterocycles. The number of hydrogen-bond acceptors (Lipinski definition) is 2. The van der Waals surface area contributed by atoms with Crippen molar-refractivity contribution in [2.24, 2.45) is 5.92 Å². The number of rotatable bonds is 3. The predicted octanol–water partition coefficient (Wildman–Crippen LogP) is 3.52. The predicted molar refractivity (Wildman–Crippen MR) is 84.0 cm³/mol. The van der Waals surface area contributed by atoms with Crippen molar-refractivity contribution in [1.82, 2.24) is 5.32 Å². The summed E-state index contributed by atoms with van der Waals surface area (Å²) in [5.74, 6) is 0.671. The quantitative estimate of drug-likeness (QED) is 0.894. The highest BCUT2D eigenvalue weighted by atomic mass is 15.2. The van der Waals surface area contributed by atoms with Crippen LogP contribution in [0.15, 0.2) is 18.2 Å². The Balaban J connectivity index is 2.33. The van der Waals surface area contributed by atoms with E-state index in [1.165, 1.54) is 23.2 Å². The summed E-state index contributed by atoms with van der Waals surface area (Å²) >= 11 is 0. The number of hydrogen-bond donors (Lipinski definition) is 1. The lowest BCUT2D eigenvalue weighted by molar-refractivity contribution is 0.333. The Labute approximate surface area is 118 Å². The molecule has 1 N–H and O–H groups in total. The van der Waals surface area contributed by atoms with Crippen LogP contribution in [0.2, 0.25) is 0 Å². The van der Waals surface area contributed by atoms with Crippen LogP contribution in [0.5, 0.6) is 0 Å². The van der Waals surface area contributed by atoms with E-state index in [0.29, 0.717) is 18.0 Å². The lowest BCUT2D eigenvalue weighted by atomic mass is 9.95. The Hall–Kier alpha value is -1.02. The minimum atomic E-state index is 0.600. The van der Waals surface area contributed by atoms with Crippen molar-refractivity contribution >= 4 is 5.69 Å². The van der Waals surface area contributed by atoms with E-state index in [-0.39, 0.29) is 0 Å². The number of nitrogens with one attached hydrogen (secondary N) is 1. The number of nitrogens with zero attached hydrogens (tertiary/aromatic N) is 1. The molecule has 1 aromatic carbocycles. The van der Waals surface area contributed by atoms with Gasteiger partial charge in [0, 0.05) is 30.9 Å². The summed E-state index contributed by atoms with van der Waals surface area (Å²) in [6.45, 7) is 13.6. The van der Waals surface area contributed by atoms with Crippen LogP contribution in [0.3, 0.4) is 0 Å². The van der Waals surface area contributed by atoms with E-state index in [2.05, 4.69) is 63.0 Å². The summed E-state index contributed by atoms with van der Waals surface area (Å²) in [6, 6.07) is 7.91. The Morgan fingerprint density at radius 3 is 2.68 bits per heavy atom. The second-order valence-electron chi connectivity index (χ2n) is 6.20. The van der Waals surface area contributed by atoms with Gasteiger partial charge in [-0.25, -0.2) is 0 Å². The molecule has 0 saturated carbocycles. The first kappa shape index (κ1) is 14.4. The topological polar surface area (TPSA) is 15.3 Å². The summed E-state index contributed by atoms with van der Waals surface area (Å²) in [7, 11) is 0. The zero-order valence-electron chi connectivity index (χ0n) is 13.0. The second kappa shape index (κ2) is 5.96. The molecule has 2 atom stereocenters. The Kier molecular flexibility index (Phi) is 4.51. The van der Waals surface area contributed by atoms with E-state index in [9.17, 15) is 0 Å². The van der Waals surface area contributed by atoms with Crippen LogP contribution in [0.1, 0.15) is 38.3 Å². The largest absolute Gasteiger partial charge is 0.365 e. The summed E-state index contributed by atoms with van der Waals surface area (Å²) in [5, 5.41) is 3.69. The van der Waals surface area contributed by atoms with Crippen molar-refractivity contribution in [3.8, 4) is 0 Å². The maximum absolute atomic E-state index is 3.69. The van der Waals surface area contributed by atoms with E-state index >= 15 is 0 Å². The van der Waals surface area contributed by atoms with Gasteiger partial charge in [0.1, 0.15) is 0 Å². The zero-order chi connectivity index (χ0) is 14.0. The van der Waals surface area contributed by atoms with E-state index in [1.807, 2.05) is 0 Å². The van der Waals surface area contributed by atoms with Crippen LogP contribution in [-0.2, 0) is 0 Å². The SMILES string of the molecule is CCC1CN(c2cccc(C)c2C)C(C(C)C)CN1. The van der Waals surface area contributed by atoms with Crippen molar-refractivity contribution in [3.05, 3.63) is 29.3 Å². The van der Waals surface area contributed by atoms with Crippen molar-refractivity contribution in [1.29, 1.82) is 0 Å². The fourth-order valence-electron chi connectivity index (χ4n) is 3.03. The van der Waals surface area contributed by atoms with Gasteiger partial charge in [-0.15, -0.1) is 0 Å². The molecule has 0 spiro atoms. The molecule has 1 fully saturated rings. The molecular weight excluding hydrogens is 232 g/mol. The van der Waals surface area contributed by atoms with Gasteiger partial charge in [-0.3, -0.25) is 0 Å². The first-order valence-corrected chi connectivity index (χ1v) is 7.60. The maximum atomic E-state index is 3.69. The minimum Gasteiger partial charge on any atom is -0.365 e. The summed E-state index contributed by atoms with van der Waals surface area (Å²) in [6.07, 6.45) is 1.20. The molecule has 106 valence electrons. The van der Waals surface area contributed by atoms with Gasteiger partial charge >= 0.3 is 0 Å². The van der Waals surface area contributed by atoms with Gasteiger partial charge in [0.15, 0.2) is 0 Å². The molecule has 2 nitrogen and oxygen atoms in total. The monoisotopic (exact) mass is 260 g/mol. The van der Waals surface area contributed by atoms with E-state index in [0.717, 1.165) is 13.1 Å². The Bertz CT molecular complexity index is 425. The van der Waals surface area contributed by atoms with Crippen LogP contribution in [0, 0.1) is 19.8 Å². The number of benzene rings is 1. The van der Waals surface area contributed by atoms with Crippen LogP contribution in [0.25, 0.3) is 0 Å². The van der Waals surface area contributed by atoms with Crippen molar-refractivity contribution < 1.29 is 0 Å². The number of aryl methyl sites for hydroxylation is 1. The highest BCUT2D eigenvalue weighted by Crippen LogP contribution is 2.28. The van der Waals surface area contributed by atoms with E-state index in [1.54, 1.807) is 0 Å². The van der Waals surface area contributed by atoms with Gasteiger partial charge in [-0.2, -0.15) is 0 Å². The van der Waals surface area contributed by atoms with E-state index < -0.39 is 0 Å². The molecule has 0 aliphatic carbocycles. The molecule has 1 aromatic rings. The van der Waals surface area contributed by atoms with Crippen molar-refractivity contribution in [3.63, 3.8) is 0 Å². The number of anilines is 1. The fraction of sp³-hybridized carbons (Fsp3) is 0.647. The third-order valence-corrected chi connectivity index (χ3v) is 4.58. The van der Waals surface area contributed by atoms with Crippen molar-refractivity contribution in [2.75, 3.05) is 18.0 Å². The molecule has 1 heterocycles. The smallest absolute Gasteiger partial charge is 0.0438 e. The number of piperazine rings is 1.